The molecule has 1 fully saturated rings. The SMILES string of the molecule is COc1cc(C=O)ccc1OCC1CCN(C)C1. The van der Waals surface area contributed by atoms with Crippen LogP contribution in [0.15, 0.2) is 18.2 Å². The van der Waals surface area contributed by atoms with Crippen molar-refractivity contribution in [1.82, 2.24) is 4.90 Å². The molecule has 1 unspecified atom stereocenters. The van der Waals surface area contributed by atoms with Crippen molar-refractivity contribution in [2.24, 2.45) is 5.92 Å². The Hall–Kier alpha value is -1.55. The van der Waals surface area contributed by atoms with E-state index < -0.39 is 0 Å². The molecule has 1 aliphatic heterocycles. The van der Waals surface area contributed by atoms with Crippen molar-refractivity contribution in [2.75, 3.05) is 33.9 Å². The maximum Gasteiger partial charge on any atom is 0.161 e. The molecule has 1 atom stereocenters. The molecule has 0 spiro atoms. The number of methoxy groups -OCH3 is 1. The zero-order valence-corrected chi connectivity index (χ0v) is 10.9. The highest BCUT2D eigenvalue weighted by Crippen LogP contribution is 2.28. The van der Waals surface area contributed by atoms with Crippen LogP contribution in [0.1, 0.15) is 16.8 Å². The van der Waals surface area contributed by atoms with Crippen molar-refractivity contribution in [3.8, 4) is 11.5 Å². The van der Waals surface area contributed by atoms with Crippen LogP contribution in [0, 0.1) is 5.92 Å². The Morgan fingerprint density at radius 1 is 1.44 bits per heavy atom. The number of aldehydes is 1. The summed E-state index contributed by atoms with van der Waals surface area (Å²) >= 11 is 0. The number of nitrogens with zero attached hydrogens (tertiary/aromatic N) is 1. The molecular weight excluding hydrogens is 230 g/mol. The van der Waals surface area contributed by atoms with Crippen molar-refractivity contribution < 1.29 is 14.3 Å². The van der Waals surface area contributed by atoms with Crippen LogP contribution in [-0.2, 0) is 0 Å². The third-order valence-electron chi connectivity index (χ3n) is 3.29. The summed E-state index contributed by atoms with van der Waals surface area (Å²) in [6.45, 7) is 2.91. The quantitative estimate of drug-likeness (QED) is 0.746. The first-order valence-corrected chi connectivity index (χ1v) is 6.17. The van der Waals surface area contributed by atoms with Crippen LogP contribution in [-0.4, -0.2) is 45.0 Å². The molecule has 0 amide bonds. The van der Waals surface area contributed by atoms with E-state index in [2.05, 4.69) is 11.9 Å². The van der Waals surface area contributed by atoms with Gasteiger partial charge in [-0.1, -0.05) is 0 Å². The standard InChI is InChI=1S/C14H19NO3/c1-15-6-5-12(8-15)10-18-13-4-3-11(9-16)7-14(13)17-2/h3-4,7,9,12H,5-6,8,10H2,1-2H3. The highest BCUT2D eigenvalue weighted by molar-refractivity contribution is 5.76. The largest absolute Gasteiger partial charge is 0.493 e. The monoisotopic (exact) mass is 249 g/mol. The smallest absolute Gasteiger partial charge is 0.161 e. The van der Waals surface area contributed by atoms with E-state index in [9.17, 15) is 4.79 Å². The molecule has 0 radical (unpaired) electrons. The van der Waals surface area contributed by atoms with Gasteiger partial charge in [-0.05, 0) is 38.2 Å². The minimum atomic E-state index is 0.574. The maximum atomic E-state index is 10.7. The van der Waals surface area contributed by atoms with Crippen molar-refractivity contribution >= 4 is 6.29 Å². The van der Waals surface area contributed by atoms with Crippen molar-refractivity contribution in [3.05, 3.63) is 23.8 Å². The number of hydrogen-bond donors (Lipinski definition) is 0. The van der Waals surface area contributed by atoms with E-state index in [1.54, 1.807) is 25.3 Å². The molecule has 0 saturated carbocycles. The molecule has 0 N–H and O–H groups in total. The van der Waals surface area contributed by atoms with Crippen LogP contribution in [0.25, 0.3) is 0 Å². The first-order chi connectivity index (χ1) is 8.72. The third-order valence-corrected chi connectivity index (χ3v) is 3.29. The highest BCUT2D eigenvalue weighted by Gasteiger charge is 2.20. The van der Waals surface area contributed by atoms with Gasteiger partial charge in [0.05, 0.1) is 13.7 Å². The molecule has 0 bridgehead atoms. The molecule has 1 saturated heterocycles. The van der Waals surface area contributed by atoms with Gasteiger partial charge >= 0.3 is 0 Å². The number of hydrogen-bond acceptors (Lipinski definition) is 4. The third kappa shape index (κ3) is 3.01. The van der Waals surface area contributed by atoms with Crippen LogP contribution >= 0.6 is 0 Å². The van der Waals surface area contributed by atoms with Gasteiger partial charge in [-0.25, -0.2) is 0 Å². The second kappa shape index (κ2) is 5.87. The number of carbonyl (C=O) groups excluding carboxylic acids is 1. The Balaban J connectivity index is 1.98. The van der Waals surface area contributed by atoms with Gasteiger partial charge in [0.25, 0.3) is 0 Å². The lowest BCUT2D eigenvalue weighted by Gasteiger charge is -2.14. The fraction of sp³-hybridized carbons (Fsp3) is 0.500. The Morgan fingerprint density at radius 3 is 2.89 bits per heavy atom. The zero-order valence-electron chi connectivity index (χ0n) is 10.9. The van der Waals surface area contributed by atoms with Crippen LogP contribution in [0.5, 0.6) is 11.5 Å². The van der Waals surface area contributed by atoms with Crippen molar-refractivity contribution in [1.29, 1.82) is 0 Å². The predicted molar refractivity (Wildman–Crippen MR) is 69.5 cm³/mol. The zero-order chi connectivity index (χ0) is 13.0. The number of likely N-dealkylation sites (tertiary alicyclic amines) is 1. The van der Waals surface area contributed by atoms with Crippen molar-refractivity contribution in [3.63, 3.8) is 0 Å². The maximum absolute atomic E-state index is 10.7. The second-order valence-electron chi connectivity index (χ2n) is 4.76. The first kappa shape index (κ1) is 12.9. The van der Waals surface area contributed by atoms with E-state index in [1.165, 1.54) is 6.42 Å². The summed E-state index contributed by atoms with van der Waals surface area (Å²) in [5.74, 6) is 1.90. The van der Waals surface area contributed by atoms with Gasteiger partial charge in [-0.2, -0.15) is 0 Å². The molecule has 18 heavy (non-hydrogen) atoms. The topological polar surface area (TPSA) is 38.8 Å². The Kier molecular flexibility index (Phi) is 4.20. The molecule has 4 heteroatoms. The molecule has 0 aliphatic carbocycles. The second-order valence-corrected chi connectivity index (χ2v) is 4.76. The van der Waals surface area contributed by atoms with Gasteiger partial charge in [0.2, 0.25) is 0 Å². The first-order valence-electron chi connectivity index (χ1n) is 6.17. The van der Waals surface area contributed by atoms with E-state index in [1.807, 2.05) is 0 Å². The molecule has 98 valence electrons. The molecular formula is C14H19NO3. The summed E-state index contributed by atoms with van der Waals surface area (Å²) in [5, 5.41) is 0. The lowest BCUT2D eigenvalue weighted by atomic mass is 10.1. The van der Waals surface area contributed by atoms with Crippen LogP contribution in [0.2, 0.25) is 0 Å². The Labute approximate surface area is 107 Å². The Bertz CT molecular complexity index is 420. The van der Waals surface area contributed by atoms with E-state index in [0.29, 0.717) is 29.6 Å². The summed E-state index contributed by atoms with van der Waals surface area (Å²) < 4.78 is 11.0. The number of ether oxygens (including phenoxy) is 2. The van der Waals surface area contributed by atoms with Crippen LogP contribution in [0.4, 0.5) is 0 Å². The highest BCUT2D eigenvalue weighted by atomic mass is 16.5. The lowest BCUT2D eigenvalue weighted by Crippen LogP contribution is -2.18. The summed E-state index contributed by atoms with van der Waals surface area (Å²) in [6, 6.07) is 5.23. The van der Waals surface area contributed by atoms with Gasteiger partial charge in [-0.3, -0.25) is 4.79 Å². The van der Waals surface area contributed by atoms with Gasteiger partial charge in [-0.15, -0.1) is 0 Å². The average molecular weight is 249 g/mol. The normalized spacial score (nSPS) is 19.8. The minimum absolute atomic E-state index is 0.574. The van der Waals surface area contributed by atoms with E-state index in [-0.39, 0.29) is 0 Å². The molecule has 0 aromatic heterocycles. The number of rotatable bonds is 5. The Morgan fingerprint density at radius 2 is 2.28 bits per heavy atom. The molecule has 1 aliphatic rings. The van der Waals surface area contributed by atoms with Crippen LogP contribution < -0.4 is 9.47 Å². The van der Waals surface area contributed by atoms with Crippen molar-refractivity contribution in [2.45, 2.75) is 6.42 Å². The molecule has 4 nitrogen and oxygen atoms in total. The summed E-state index contributed by atoms with van der Waals surface area (Å²) in [7, 11) is 3.71. The summed E-state index contributed by atoms with van der Waals surface area (Å²) in [6.07, 6.45) is 1.98. The van der Waals surface area contributed by atoms with Gasteiger partial charge in [0, 0.05) is 18.0 Å². The fourth-order valence-corrected chi connectivity index (χ4v) is 2.25. The van der Waals surface area contributed by atoms with Gasteiger partial charge < -0.3 is 14.4 Å². The molecule has 1 aromatic carbocycles. The summed E-state index contributed by atoms with van der Waals surface area (Å²) in [4.78, 5) is 13.0. The predicted octanol–water partition coefficient (Wildman–Crippen LogP) is 1.84. The van der Waals surface area contributed by atoms with E-state index >= 15 is 0 Å². The van der Waals surface area contributed by atoms with Gasteiger partial charge in [0.15, 0.2) is 11.5 Å². The minimum Gasteiger partial charge on any atom is -0.493 e. The van der Waals surface area contributed by atoms with Gasteiger partial charge in [0.1, 0.15) is 6.29 Å². The van der Waals surface area contributed by atoms with E-state index in [4.69, 9.17) is 9.47 Å². The molecule has 1 aromatic rings. The number of carbonyl (C=O) groups is 1. The molecule has 2 rings (SSSR count). The van der Waals surface area contributed by atoms with E-state index in [0.717, 1.165) is 19.4 Å². The molecule has 1 heterocycles. The summed E-state index contributed by atoms with van der Waals surface area (Å²) in [5.41, 5.74) is 0.597. The fourth-order valence-electron chi connectivity index (χ4n) is 2.25. The lowest BCUT2D eigenvalue weighted by molar-refractivity contribution is 0.112. The van der Waals surface area contributed by atoms with Crippen LogP contribution in [0.3, 0.4) is 0 Å². The number of benzene rings is 1. The average Bonchev–Trinajstić information content (AvgIpc) is 2.82.